The van der Waals surface area contributed by atoms with Crippen LogP contribution in [-0.4, -0.2) is 6.54 Å². The van der Waals surface area contributed by atoms with Crippen LogP contribution in [0.3, 0.4) is 0 Å². The third kappa shape index (κ3) is 3.36. The van der Waals surface area contributed by atoms with E-state index in [1.807, 2.05) is 0 Å². The molecule has 6 heteroatoms. The predicted molar refractivity (Wildman–Crippen MR) is 73.2 cm³/mol. The topological polar surface area (TPSA) is 12.0 Å². The van der Waals surface area contributed by atoms with Gasteiger partial charge in [0.05, 0.1) is 6.04 Å². The van der Waals surface area contributed by atoms with Gasteiger partial charge in [0.1, 0.15) is 23.3 Å². The lowest BCUT2D eigenvalue weighted by Crippen LogP contribution is -2.24. The summed E-state index contributed by atoms with van der Waals surface area (Å²) in [5, 5.41) is 2.90. The maximum absolute atomic E-state index is 13.9. The summed E-state index contributed by atoms with van der Waals surface area (Å²) in [5.74, 6) is -3.62. The van der Waals surface area contributed by atoms with Crippen molar-refractivity contribution in [1.29, 1.82) is 0 Å². The second-order valence-corrected chi connectivity index (χ2v) is 4.85. The summed E-state index contributed by atoms with van der Waals surface area (Å²) >= 11 is 5.95. The summed E-state index contributed by atoms with van der Waals surface area (Å²) < 4.78 is 54.0. The number of hydrogen-bond acceptors (Lipinski definition) is 1. The van der Waals surface area contributed by atoms with E-state index < -0.39 is 29.3 Å². The molecule has 21 heavy (non-hydrogen) atoms. The first-order valence-corrected chi connectivity index (χ1v) is 6.64. The van der Waals surface area contributed by atoms with Gasteiger partial charge in [-0.25, -0.2) is 17.6 Å². The molecule has 0 aliphatic rings. The van der Waals surface area contributed by atoms with Crippen LogP contribution in [0.2, 0.25) is 5.02 Å². The molecule has 1 N–H and O–H groups in total. The fourth-order valence-corrected chi connectivity index (χ4v) is 2.41. The quantitative estimate of drug-likeness (QED) is 0.813. The average molecular weight is 318 g/mol. The molecule has 1 unspecified atom stereocenters. The zero-order valence-electron chi connectivity index (χ0n) is 11.1. The molecule has 0 bridgehead atoms. The van der Waals surface area contributed by atoms with Gasteiger partial charge in [0.15, 0.2) is 0 Å². The Hall–Kier alpha value is -1.59. The van der Waals surface area contributed by atoms with Gasteiger partial charge in [-0.15, -0.1) is 0 Å². The number of nitrogens with one attached hydrogen (secondary N) is 1. The van der Waals surface area contributed by atoms with Crippen molar-refractivity contribution in [3.8, 4) is 0 Å². The van der Waals surface area contributed by atoms with E-state index in [2.05, 4.69) is 5.32 Å². The molecule has 1 atom stereocenters. The van der Waals surface area contributed by atoms with Crippen molar-refractivity contribution >= 4 is 11.6 Å². The van der Waals surface area contributed by atoms with E-state index in [1.165, 1.54) is 6.07 Å². The van der Waals surface area contributed by atoms with Gasteiger partial charge in [0.25, 0.3) is 0 Å². The van der Waals surface area contributed by atoms with E-state index in [-0.39, 0.29) is 10.6 Å². The van der Waals surface area contributed by atoms with Crippen molar-refractivity contribution in [1.82, 2.24) is 5.32 Å². The smallest absolute Gasteiger partial charge is 0.134 e. The van der Waals surface area contributed by atoms with E-state index in [4.69, 9.17) is 11.6 Å². The van der Waals surface area contributed by atoms with Crippen LogP contribution in [0.15, 0.2) is 30.3 Å². The Morgan fingerprint density at radius 3 is 2.14 bits per heavy atom. The van der Waals surface area contributed by atoms with Gasteiger partial charge in [-0.2, -0.15) is 0 Å². The highest BCUT2D eigenvalue weighted by atomic mass is 35.5. The number of benzene rings is 2. The summed E-state index contributed by atoms with van der Waals surface area (Å²) in [4.78, 5) is 0. The van der Waals surface area contributed by atoms with E-state index in [0.717, 1.165) is 12.1 Å². The molecule has 0 spiro atoms. The van der Waals surface area contributed by atoms with Gasteiger partial charge >= 0.3 is 0 Å². The fourth-order valence-electron chi connectivity index (χ4n) is 2.14. The number of hydrogen-bond donors (Lipinski definition) is 1. The molecule has 2 aromatic carbocycles. The summed E-state index contributed by atoms with van der Waals surface area (Å²) in [6.07, 6.45) is 0. The van der Waals surface area contributed by atoms with E-state index in [0.29, 0.717) is 24.2 Å². The standard InChI is InChI=1S/C15H12ClF4N/c1-2-21-15(10-4-3-8(17)5-11(10)16)14-12(19)6-9(18)7-13(14)20/h3-7,15,21H,2H2,1H3. The van der Waals surface area contributed by atoms with Crippen LogP contribution < -0.4 is 5.32 Å². The molecule has 0 aliphatic carbocycles. The van der Waals surface area contributed by atoms with Crippen LogP contribution in [0, 0.1) is 23.3 Å². The van der Waals surface area contributed by atoms with Crippen molar-refractivity contribution in [3.05, 3.63) is 69.8 Å². The predicted octanol–water partition coefficient (Wildman–Crippen LogP) is 4.60. The van der Waals surface area contributed by atoms with Gasteiger partial charge in [-0.05, 0) is 24.2 Å². The van der Waals surface area contributed by atoms with E-state index in [9.17, 15) is 17.6 Å². The van der Waals surface area contributed by atoms with Crippen molar-refractivity contribution < 1.29 is 17.6 Å². The Morgan fingerprint density at radius 1 is 1.00 bits per heavy atom. The second kappa shape index (κ2) is 6.45. The monoisotopic (exact) mass is 317 g/mol. The summed E-state index contributed by atoms with van der Waals surface area (Å²) in [7, 11) is 0. The highest BCUT2D eigenvalue weighted by Crippen LogP contribution is 2.32. The van der Waals surface area contributed by atoms with Crippen molar-refractivity contribution in [2.45, 2.75) is 13.0 Å². The molecule has 0 radical (unpaired) electrons. The highest BCUT2D eigenvalue weighted by Gasteiger charge is 2.24. The molecule has 0 amide bonds. The van der Waals surface area contributed by atoms with Crippen molar-refractivity contribution in [3.63, 3.8) is 0 Å². The van der Waals surface area contributed by atoms with E-state index in [1.54, 1.807) is 6.92 Å². The molecule has 0 aromatic heterocycles. The molecule has 112 valence electrons. The molecule has 0 saturated carbocycles. The average Bonchev–Trinajstić information content (AvgIpc) is 2.37. The van der Waals surface area contributed by atoms with Crippen LogP contribution in [-0.2, 0) is 0 Å². The molecule has 2 aromatic rings. The molecule has 0 saturated heterocycles. The summed E-state index contributed by atoms with van der Waals surface area (Å²) in [6, 6.07) is 3.79. The van der Waals surface area contributed by atoms with Crippen LogP contribution >= 0.6 is 11.6 Å². The largest absolute Gasteiger partial charge is 0.306 e. The maximum Gasteiger partial charge on any atom is 0.134 e. The zero-order valence-corrected chi connectivity index (χ0v) is 11.8. The zero-order chi connectivity index (χ0) is 15.6. The van der Waals surface area contributed by atoms with Crippen LogP contribution in [0.25, 0.3) is 0 Å². The minimum Gasteiger partial charge on any atom is -0.306 e. The molecule has 2 rings (SSSR count). The molecule has 0 heterocycles. The molecular formula is C15H12ClF4N. The summed E-state index contributed by atoms with van der Waals surface area (Å²) in [6.45, 7) is 2.12. The number of rotatable bonds is 4. The Kier molecular flexibility index (Phi) is 4.85. The second-order valence-electron chi connectivity index (χ2n) is 4.44. The molecule has 0 aliphatic heterocycles. The van der Waals surface area contributed by atoms with Gasteiger partial charge in [-0.1, -0.05) is 24.6 Å². The minimum absolute atomic E-state index is 0.0316. The third-order valence-electron chi connectivity index (χ3n) is 3.01. The lowest BCUT2D eigenvalue weighted by Gasteiger charge is -2.21. The van der Waals surface area contributed by atoms with Gasteiger partial charge in [0.2, 0.25) is 0 Å². The van der Waals surface area contributed by atoms with Crippen LogP contribution in [0.1, 0.15) is 24.1 Å². The normalized spacial score (nSPS) is 12.5. The SMILES string of the molecule is CCNC(c1ccc(F)cc1Cl)c1c(F)cc(F)cc1F. The first-order chi connectivity index (χ1) is 9.93. The first-order valence-electron chi connectivity index (χ1n) is 6.26. The van der Waals surface area contributed by atoms with E-state index >= 15 is 0 Å². The Balaban J connectivity index is 2.59. The lowest BCUT2D eigenvalue weighted by atomic mass is 9.97. The van der Waals surface area contributed by atoms with Gasteiger partial charge < -0.3 is 5.32 Å². The molecular weight excluding hydrogens is 306 g/mol. The first kappa shape index (κ1) is 15.8. The lowest BCUT2D eigenvalue weighted by molar-refractivity contribution is 0.491. The van der Waals surface area contributed by atoms with Crippen molar-refractivity contribution in [2.75, 3.05) is 6.54 Å². The molecule has 0 fully saturated rings. The Labute approximate surface area is 124 Å². The van der Waals surface area contributed by atoms with Gasteiger partial charge in [0, 0.05) is 22.7 Å². The maximum atomic E-state index is 13.9. The molecule has 1 nitrogen and oxygen atoms in total. The Morgan fingerprint density at radius 2 is 1.62 bits per heavy atom. The van der Waals surface area contributed by atoms with Crippen LogP contribution in [0.5, 0.6) is 0 Å². The van der Waals surface area contributed by atoms with Gasteiger partial charge in [-0.3, -0.25) is 0 Å². The van der Waals surface area contributed by atoms with Crippen molar-refractivity contribution in [2.24, 2.45) is 0 Å². The Bertz CT molecular complexity index is 637. The highest BCUT2D eigenvalue weighted by molar-refractivity contribution is 6.31. The minimum atomic E-state index is -1.03. The van der Waals surface area contributed by atoms with Crippen LogP contribution in [0.4, 0.5) is 17.6 Å². The summed E-state index contributed by atoms with van der Waals surface area (Å²) in [5.41, 5.74) is -0.0453. The number of halogens is 5. The third-order valence-corrected chi connectivity index (χ3v) is 3.34. The fraction of sp³-hybridized carbons (Fsp3) is 0.200.